The van der Waals surface area contributed by atoms with Crippen molar-refractivity contribution in [2.24, 2.45) is 0 Å². The van der Waals surface area contributed by atoms with Gasteiger partial charge < -0.3 is 0 Å². The van der Waals surface area contributed by atoms with Gasteiger partial charge in [-0.05, 0) is 29.6 Å². The Bertz CT molecular complexity index is 305. The Morgan fingerprint density at radius 3 is 2.58 bits per heavy atom. The first-order valence-corrected chi connectivity index (χ1v) is 4.91. The molecule has 0 fully saturated rings. The standard InChI is InChI=1S/C9H8ClNS/c10-8-3-1-7(2-4-8)9-5-6-11-12-9/h1-5,11H,6H2. The van der Waals surface area contributed by atoms with Crippen molar-refractivity contribution in [3.8, 4) is 0 Å². The van der Waals surface area contributed by atoms with E-state index in [-0.39, 0.29) is 0 Å². The molecule has 0 aromatic heterocycles. The second-order valence-corrected chi connectivity index (χ2v) is 3.89. The molecule has 1 aliphatic rings. The number of hydrogen-bond donors (Lipinski definition) is 1. The summed E-state index contributed by atoms with van der Waals surface area (Å²) in [5.41, 5.74) is 1.23. The van der Waals surface area contributed by atoms with E-state index in [1.54, 1.807) is 11.9 Å². The van der Waals surface area contributed by atoms with Gasteiger partial charge in [0.15, 0.2) is 0 Å². The molecule has 0 bridgehead atoms. The molecule has 0 saturated carbocycles. The van der Waals surface area contributed by atoms with Crippen LogP contribution < -0.4 is 4.72 Å². The fourth-order valence-electron chi connectivity index (χ4n) is 1.09. The summed E-state index contributed by atoms with van der Waals surface area (Å²) in [7, 11) is 0. The van der Waals surface area contributed by atoms with Crippen molar-refractivity contribution < 1.29 is 0 Å². The van der Waals surface area contributed by atoms with Gasteiger partial charge in [-0.3, -0.25) is 4.72 Å². The SMILES string of the molecule is Clc1ccc(C2=CCNS2)cc1. The van der Waals surface area contributed by atoms with E-state index < -0.39 is 0 Å². The summed E-state index contributed by atoms with van der Waals surface area (Å²) in [4.78, 5) is 1.28. The van der Waals surface area contributed by atoms with Gasteiger partial charge in [-0.25, -0.2) is 0 Å². The Morgan fingerprint density at radius 2 is 2.00 bits per heavy atom. The number of rotatable bonds is 1. The quantitative estimate of drug-likeness (QED) is 0.695. The average molecular weight is 198 g/mol. The molecule has 0 radical (unpaired) electrons. The van der Waals surface area contributed by atoms with Crippen molar-refractivity contribution >= 4 is 28.5 Å². The van der Waals surface area contributed by atoms with Gasteiger partial charge in [0, 0.05) is 16.5 Å². The van der Waals surface area contributed by atoms with E-state index >= 15 is 0 Å². The van der Waals surface area contributed by atoms with E-state index in [0.717, 1.165) is 11.6 Å². The zero-order chi connectivity index (χ0) is 8.39. The molecule has 1 N–H and O–H groups in total. The smallest absolute Gasteiger partial charge is 0.0406 e. The lowest BCUT2D eigenvalue weighted by molar-refractivity contribution is 1.16. The van der Waals surface area contributed by atoms with E-state index in [4.69, 9.17) is 11.6 Å². The molecule has 2 rings (SSSR count). The van der Waals surface area contributed by atoms with Crippen molar-refractivity contribution in [2.45, 2.75) is 0 Å². The third-order valence-electron chi connectivity index (χ3n) is 1.68. The molecule has 0 atom stereocenters. The topological polar surface area (TPSA) is 12.0 Å². The van der Waals surface area contributed by atoms with Gasteiger partial charge in [0.05, 0.1) is 0 Å². The number of halogens is 1. The summed E-state index contributed by atoms with van der Waals surface area (Å²) >= 11 is 7.45. The van der Waals surface area contributed by atoms with Gasteiger partial charge >= 0.3 is 0 Å². The van der Waals surface area contributed by atoms with Crippen LogP contribution in [-0.2, 0) is 0 Å². The molecular formula is C9H8ClNS. The van der Waals surface area contributed by atoms with E-state index in [2.05, 4.69) is 10.8 Å². The van der Waals surface area contributed by atoms with Gasteiger partial charge in [0.1, 0.15) is 0 Å². The highest BCUT2D eigenvalue weighted by Gasteiger charge is 2.06. The maximum absolute atomic E-state index is 5.78. The van der Waals surface area contributed by atoms with E-state index in [1.807, 2.05) is 24.3 Å². The van der Waals surface area contributed by atoms with Crippen molar-refractivity contribution in [3.05, 3.63) is 40.9 Å². The first-order chi connectivity index (χ1) is 5.86. The zero-order valence-corrected chi connectivity index (χ0v) is 7.95. The molecular weight excluding hydrogens is 190 g/mol. The molecule has 3 heteroatoms. The first-order valence-electron chi connectivity index (χ1n) is 3.72. The maximum Gasteiger partial charge on any atom is 0.0406 e. The van der Waals surface area contributed by atoms with Crippen molar-refractivity contribution in [1.29, 1.82) is 0 Å². The Labute approximate surface area is 80.9 Å². The highest BCUT2D eigenvalue weighted by molar-refractivity contribution is 8.06. The van der Waals surface area contributed by atoms with Crippen LogP contribution >= 0.6 is 23.5 Å². The predicted octanol–water partition coefficient (Wildman–Crippen LogP) is 2.93. The highest BCUT2D eigenvalue weighted by atomic mass is 35.5. The minimum atomic E-state index is 0.787. The summed E-state index contributed by atoms with van der Waals surface area (Å²) < 4.78 is 3.18. The van der Waals surface area contributed by atoms with Gasteiger partial charge in [0.25, 0.3) is 0 Å². The highest BCUT2D eigenvalue weighted by Crippen LogP contribution is 2.28. The second kappa shape index (κ2) is 3.52. The average Bonchev–Trinajstić information content (AvgIpc) is 2.58. The maximum atomic E-state index is 5.78. The zero-order valence-electron chi connectivity index (χ0n) is 6.38. The third kappa shape index (κ3) is 1.66. The molecule has 0 aliphatic carbocycles. The van der Waals surface area contributed by atoms with Crippen LogP contribution in [0.2, 0.25) is 5.02 Å². The Hall–Kier alpha value is -0.440. The summed E-state index contributed by atoms with van der Waals surface area (Å²) in [6.45, 7) is 0.947. The Balaban J connectivity index is 2.28. The van der Waals surface area contributed by atoms with Gasteiger partial charge in [0.2, 0.25) is 0 Å². The Kier molecular flexibility index (Phi) is 2.40. The summed E-state index contributed by atoms with van der Waals surface area (Å²) in [5.74, 6) is 0. The van der Waals surface area contributed by atoms with Gasteiger partial charge in [-0.15, -0.1) is 0 Å². The largest absolute Gasteiger partial charge is 0.256 e. The normalized spacial score (nSPS) is 16.2. The summed E-state index contributed by atoms with van der Waals surface area (Å²) in [6, 6.07) is 7.90. The number of hydrogen-bond acceptors (Lipinski definition) is 2. The molecule has 12 heavy (non-hydrogen) atoms. The van der Waals surface area contributed by atoms with E-state index in [9.17, 15) is 0 Å². The minimum Gasteiger partial charge on any atom is -0.256 e. The molecule has 62 valence electrons. The lowest BCUT2D eigenvalue weighted by atomic mass is 10.2. The molecule has 0 amide bonds. The second-order valence-electron chi connectivity index (χ2n) is 2.53. The molecule has 1 aromatic carbocycles. The van der Waals surface area contributed by atoms with Crippen molar-refractivity contribution in [3.63, 3.8) is 0 Å². The summed E-state index contributed by atoms with van der Waals surface area (Å²) in [6.07, 6.45) is 2.17. The molecule has 1 nitrogen and oxygen atoms in total. The number of benzene rings is 1. The lowest BCUT2D eigenvalue weighted by Crippen LogP contribution is -1.92. The third-order valence-corrected chi connectivity index (χ3v) is 2.87. The van der Waals surface area contributed by atoms with Crippen LogP contribution in [0, 0.1) is 0 Å². The van der Waals surface area contributed by atoms with Crippen LogP contribution in [-0.4, -0.2) is 6.54 Å². The van der Waals surface area contributed by atoms with Crippen LogP contribution in [0.5, 0.6) is 0 Å². The van der Waals surface area contributed by atoms with Crippen LogP contribution in [0.4, 0.5) is 0 Å². The van der Waals surface area contributed by atoms with Crippen LogP contribution in [0.15, 0.2) is 30.3 Å². The molecule has 1 aliphatic heterocycles. The van der Waals surface area contributed by atoms with Crippen molar-refractivity contribution in [1.82, 2.24) is 4.72 Å². The molecule has 0 saturated heterocycles. The van der Waals surface area contributed by atoms with Crippen LogP contribution in [0.1, 0.15) is 5.56 Å². The van der Waals surface area contributed by atoms with Crippen LogP contribution in [0.25, 0.3) is 4.91 Å². The number of nitrogens with one attached hydrogen (secondary N) is 1. The molecule has 0 unspecified atom stereocenters. The van der Waals surface area contributed by atoms with E-state index in [1.165, 1.54) is 10.5 Å². The monoisotopic (exact) mass is 197 g/mol. The first kappa shape index (κ1) is 8.17. The minimum absolute atomic E-state index is 0.787. The van der Waals surface area contributed by atoms with Crippen molar-refractivity contribution in [2.75, 3.05) is 6.54 Å². The fraction of sp³-hybridized carbons (Fsp3) is 0.111. The van der Waals surface area contributed by atoms with Crippen LogP contribution in [0.3, 0.4) is 0 Å². The molecule has 1 aromatic rings. The molecule has 1 heterocycles. The Morgan fingerprint density at radius 1 is 1.25 bits per heavy atom. The van der Waals surface area contributed by atoms with E-state index in [0.29, 0.717) is 0 Å². The van der Waals surface area contributed by atoms with Gasteiger partial charge in [-0.2, -0.15) is 0 Å². The summed E-state index contributed by atoms with van der Waals surface area (Å²) in [5, 5.41) is 0.787. The fourth-order valence-corrected chi connectivity index (χ4v) is 1.96. The molecule has 0 spiro atoms. The lowest BCUT2D eigenvalue weighted by Gasteiger charge is -1.99. The predicted molar refractivity (Wildman–Crippen MR) is 55.0 cm³/mol. The van der Waals surface area contributed by atoms with Gasteiger partial charge in [-0.1, -0.05) is 29.8 Å².